The Bertz CT molecular complexity index is 454. The standard InChI is InChI=1S/C12H15N3O3/c1-7-5-14-10(6-13-7)12(17)18-8(2)11(16)15-9-3-4-9/h5-6,8-9H,3-4H2,1-2H3,(H,15,16). The van der Waals surface area contributed by atoms with Crippen molar-refractivity contribution in [3.63, 3.8) is 0 Å². The maximum Gasteiger partial charge on any atom is 0.359 e. The van der Waals surface area contributed by atoms with Gasteiger partial charge in [0.2, 0.25) is 0 Å². The Morgan fingerprint density at radius 1 is 1.39 bits per heavy atom. The molecule has 1 aromatic rings. The number of hydrogen-bond acceptors (Lipinski definition) is 5. The fraction of sp³-hybridized carbons (Fsp3) is 0.500. The Labute approximate surface area is 105 Å². The van der Waals surface area contributed by atoms with Crippen LogP contribution in [0.1, 0.15) is 35.9 Å². The van der Waals surface area contributed by atoms with E-state index in [4.69, 9.17) is 4.74 Å². The van der Waals surface area contributed by atoms with Crippen molar-refractivity contribution in [1.29, 1.82) is 0 Å². The Balaban J connectivity index is 1.89. The lowest BCUT2D eigenvalue weighted by atomic mass is 10.3. The predicted molar refractivity (Wildman–Crippen MR) is 62.8 cm³/mol. The first-order valence-corrected chi connectivity index (χ1v) is 5.86. The molecule has 2 rings (SSSR count). The molecule has 96 valence electrons. The van der Waals surface area contributed by atoms with Crippen molar-refractivity contribution in [2.24, 2.45) is 0 Å². The minimum Gasteiger partial charge on any atom is -0.448 e. The Hall–Kier alpha value is -1.98. The lowest BCUT2D eigenvalue weighted by Gasteiger charge is -2.12. The fourth-order valence-corrected chi connectivity index (χ4v) is 1.32. The van der Waals surface area contributed by atoms with Crippen molar-refractivity contribution in [2.45, 2.75) is 38.8 Å². The van der Waals surface area contributed by atoms with Crippen molar-refractivity contribution in [3.05, 3.63) is 23.8 Å². The van der Waals surface area contributed by atoms with Gasteiger partial charge in [-0.2, -0.15) is 0 Å². The molecule has 1 atom stereocenters. The van der Waals surface area contributed by atoms with Crippen LogP contribution in [0.4, 0.5) is 0 Å². The monoisotopic (exact) mass is 249 g/mol. The van der Waals surface area contributed by atoms with Gasteiger partial charge >= 0.3 is 5.97 Å². The maximum atomic E-state index is 11.7. The summed E-state index contributed by atoms with van der Waals surface area (Å²) in [5.41, 5.74) is 0.817. The summed E-state index contributed by atoms with van der Waals surface area (Å²) in [5.74, 6) is -0.910. The van der Waals surface area contributed by atoms with E-state index in [0.29, 0.717) is 5.69 Å². The van der Waals surface area contributed by atoms with Gasteiger partial charge in [-0.25, -0.2) is 9.78 Å². The molecule has 1 unspecified atom stereocenters. The van der Waals surface area contributed by atoms with Crippen LogP contribution < -0.4 is 5.32 Å². The number of carbonyl (C=O) groups is 2. The fourth-order valence-electron chi connectivity index (χ4n) is 1.32. The molecule has 1 aliphatic carbocycles. The summed E-state index contributed by atoms with van der Waals surface area (Å²) in [5, 5.41) is 2.77. The summed E-state index contributed by atoms with van der Waals surface area (Å²) in [6.07, 6.45) is 3.99. The largest absolute Gasteiger partial charge is 0.448 e. The summed E-state index contributed by atoms with van der Waals surface area (Å²) >= 11 is 0. The van der Waals surface area contributed by atoms with Crippen LogP contribution in [0.2, 0.25) is 0 Å². The minimum absolute atomic E-state index is 0.103. The highest BCUT2D eigenvalue weighted by Crippen LogP contribution is 2.18. The molecule has 1 saturated carbocycles. The second kappa shape index (κ2) is 5.12. The number of ether oxygens (including phenoxy) is 1. The molecular weight excluding hydrogens is 234 g/mol. The molecule has 1 fully saturated rings. The van der Waals surface area contributed by atoms with Crippen LogP contribution in [0.3, 0.4) is 0 Å². The molecular formula is C12H15N3O3. The van der Waals surface area contributed by atoms with E-state index in [1.807, 2.05) is 0 Å². The van der Waals surface area contributed by atoms with E-state index in [-0.39, 0.29) is 17.6 Å². The zero-order valence-corrected chi connectivity index (χ0v) is 10.3. The molecule has 0 aliphatic heterocycles. The first-order valence-electron chi connectivity index (χ1n) is 5.86. The van der Waals surface area contributed by atoms with Gasteiger partial charge in [-0.05, 0) is 26.7 Å². The smallest absolute Gasteiger partial charge is 0.359 e. The van der Waals surface area contributed by atoms with Gasteiger partial charge in [0.1, 0.15) is 0 Å². The molecule has 1 amide bonds. The van der Waals surface area contributed by atoms with E-state index in [9.17, 15) is 9.59 Å². The quantitative estimate of drug-likeness (QED) is 0.791. The zero-order chi connectivity index (χ0) is 13.1. The van der Waals surface area contributed by atoms with E-state index in [2.05, 4.69) is 15.3 Å². The first kappa shape index (κ1) is 12.5. The van der Waals surface area contributed by atoms with E-state index >= 15 is 0 Å². The van der Waals surface area contributed by atoms with Gasteiger partial charge in [0.05, 0.1) is 11.9 Å². The predicted octanol–water partition coefficient (Wildman–Crippen LogP) is 0.609. The number of esters is 1. The van der Waals surface area contributed by atoms with Crippen molar-refractivity contribution < 1.29 is 14.3 Å². The molecule has 1 aliphatic rings. The van der Waals surface area contributed by atoms with Gasteiger partial charge in [-0.15, -0.1) is 0 Å². The molecule has 6 heteroatoms. The van der Waals surface area contributed by atoms with E-state index in [1.165, 1.54) is 19.3 Å². The number of aromatic nitrogens is 2. The molecule has 6 nitrogen and oxygen atoms in total. The van der Waals surface area contributed by atoms with Gasteiger partial charge in [0, 0.05) is 12.2 Å². The van der Waals surface area contributed by atoms with E-state index < -0.39 is 12.1 Å². The van der Waals surface area contributed by atoms with Crippen LogP contribution in [-0.2, 0) is 9.53 Å². The highest BCUT2D eigenvalue weighted by molar-refractivity contribution is 5.90. The van der Waals surface area contributed by atoms with Crippen LogP contribution in [0.5, 0.6) is 0 Å². The molecule has 0 spiro atoms. The number of aryl methyl sites for hydroxylation is 1. The number of nitrogens with one attached hydrogen (secondary N) is 1. The molecule has 0 radical (unpaired) electrons. The normalized spacial score (nSPS) is 15.9. The Kier molecular flexibility index (Phi) is 3.55. The highest BCUT2D eigenvalue weighted by Gasteiger charge is 2.27. The van der Waals surface area contributed by atoms with Crippen molar-refractivity contribution in [3.8, 4) is 0 Å². The van der Waals surface area contributed by atoms with Gasteiger partial charge in [-0.3, -0.25) is 9.78 Å². The van der Waals surface area contributed by atoms with Gasteiger partial charge in [0.25, 0.3) is 5.91 Å². The zero-order valence-electron chi connectivity index (χ0n) is 10.3. The minimum atomic E-state index is -0.818. The van der Waals surface area contributed by atoms with Crippen LogP contribution >= 0.6 is 0 Å². The Morgan fingerprint density at radius 3 is 2.67 bits per heavy atom. The third kappa shape index (κ3) is 3.26. The van der Waals surface area contributed by atoms with Crippen molar-refractivity contribution >= 4 is 11.9 Å². The summed E-state index contributed by atoms with van der Waals surface area (Å²) in [6.45, 7) is 3.31. The molecule has 0 bridgehead atoms. The SMILES string of the molecule is Cc1cnc(C(=O)OC(C)C(=O)NC2CC2)cn1. The molecule has 1 heterocycles. The van der Waals surface area contributed by atoms with Gasteiger partial charge in [0.15, 0.2) is 11.8 Å². The maximum absolute atomic E-state index is 11.7. The van der Waals surface area contributed by atoms with Crippen LogP contribution in [0, 0.1) is 6.92 Å². The number of carbonyl (C=O) groups excluding carboxylic acids is 2. The summed E-state index contributed by atoms with van der Waals surface area (Å²) < 4.78 is 5.01. The van der Waals surface area contributed by atoms with Crippen LogP contribution in [-0.4, -0.2) is 34.0 Å². The number of hydrogen-bond donors (Lipinski definition) is 1. The van der Waals surface area contributed by atoms with Crippen molar-refractivity contribution in [1.82, 2.24) is 15.3 Å². The summed E-state index contributed by atoms with van der Waals surface area (Å²) in [7, 11) is 0. The second-order valence-corrected chi connectivity index (χ2v) is 4.37. The highest BCUT2D eigenvalue weighted by atomic mass is 16.5. The second-order valence-electron chi connectivity index (χ2n) is 4.37. The van der Waals surface area contributed by atoms with Gasteiger partial charge < -0.3 is 10.1 Å². The summed E-state index contributed by atoms with van der Waals surface area (Å²) in [4.78, 5) is 31.1. The average Bonchev–Trinajstić information content (AvgIpc) is 3.13. The topological polar surface area (TPSA) is 81.2 Å². The van der Waals surface area contributed by atoms with Crippen LogP contribution in [0.15, 0.2) is 12.4 Å². The molecule has 18 heavy (non-hydrogen) atoms. The Morgan fingerprint density at radius 2 is 2.11 bits per heavy atom. The molecule has 1 N–H and O–H groups in total. The number of nitrogens with zero attached hydrogens (tertiary/aromatic N) is 2. The van der Waals surface area contributed by atoms with E-state index in [0.717, 1.165) is 12.8 Å². The molecule has 1 aromatic heterocycles. The summed E-state index contributed by atoms with van der Waals surface area (Å²) in [6, 6.07) is 0.248. The van der Waals surface area contributed by atoms with Crippen molar-refractivity contribution in [2.75, 3.05) is 0 Å². The molecule has 0 aromatic carbocycles. The first-order chi connectivity index (χ1) is 8.56. The molecule has 0 saturated heterocycles. The third-order valence-corrected chi connectivity index (χ3v) is 2.57. The van der Waals surface area contributed by atoms with Gasteiger partial charge in [-0.1, -0.05) is 0 Å². The third-order valence-electron chi connectivity index (χ3n) is 2.57. The average molecular weight is 249 g/mol. The lowest BCUT2D eigenvalue weighted by molar-refractivity contribution is -0.129. The van der Waals surface area contributed by atoms with Crippen LogP contribution in [0.25, 0.3) is 0 Å². The lowest BCUT2D eigenvalue weighted by Crippen LogP contribution is -2.37. The number of amides is 1. The van der Waals surface area contributed by atoms with E-state index in [1.54, 1.807) is 6.92 Å². The number of rotatable bonds is 4.